The van der Waals surface area contributed by atoms with Gasteiger partial charge in [-0.25, -0.2) is 0 Å². The number of aromatic nitrogens is 1. The van der Waals surface area contributed by atoms with Crippen molar-refractivity contribution in [1.82, 2.24) is 4.57 Å². The predicted octanol–water partition coefficient (Wildman–Crippen LogP) is 0.827. The molecule has 3 nitrogen and oxygen atoms in total. The van der Waals surface area contributed by atoms with Crippen LogP contribution in [0.1, 0.15) is 12.8 Å². The van der Waals surface area contributed by atoms with Gasteiger partial charge in [-0.05, 0) is 18.9 Å². The fourth-order valence-electron chi connectivity index (χ4n) is 1.29. The lowest BCUT2D eigenvalue weighted by atomic mass is 10.2. The summed E-state index contributed by atoms with van der Waals surface area (Å²) in [6.45, 7) is 0.240. The van der Waals surface area contributed by atoms with Gasteiger partial charge in [-0.15, -0.1) is 0 Å². The van der Waals surface area contributed by atoms with E-state index in [4.69, 9.17) is 0 Å². The number of hydrogen-bond acceptors (Lipinski definition) is 2. The lowest BCUT2D eigenvalue weighted by Crippen LogP contribution is -2.23. The molecular formula is C10H11NO2. The Morgan fingerprint density at radius 3 is 2.85 bits per heavy atom. The summed E-state index contributed by atoms with van der Waals surface area (Å²) in [5.74, 6) is 0.417. The van der Waals surface area contributed by atoms with Gasteiger partial charge in [0.05, 0.1) is 6.54 Å². The summed E-state index contributed by atoms with van der Waals surface area (Å²) < 4.78 is 1.46. The molecule has 1 aromatic rings. The first-order valence-electron chi connectivity index (χ1n) is 4.45. The summed E-state index contributed by atoms with van der Waals surface area (Å²) in [7, 11) is 0. The van der Waals surface area contributed by atoms with Gasteiger partial charge < -0.3 is 4.57 Å². The normalized spacial score (nSPS) is 15.7. The van der Waals surface area contributed by atoms with Crippen LogP contribution in [0.5, 0.6) is 0 Å². The molecule has 0 unspecified atom stereocenters. The predicted molar refractivity (Wildman–Crippen MR) is 48.4 cm³/mol. The molecule has 0 bridgehead atoms. The van der Waals surface area contributed by atoms with Gasteiger partial charge in [0, 0.05) is 18.2 Å². The Morgan fingerprint density at radius 2 is 2.23 bits per heavy atom. The number of Topliss-reactive ketones (excluding diaryl/α,β-unsaturated/α-hetero) is 1. The van der Waals surface area contributed by atoms with Crippen molar-refractivity contribution in [1.29, 1.82) is 0 Å². The van der Waals surface area contributed by atoms with E-state index in [1.54, 1.807) is 18.3 Å². The van der Waals surface area contributed by atoms with Gasteiger partial charge in [0.25, 0.3) is 5.56 Å². The molecule has 68 valence electrons. The first kappa shape index (κ1) is 8.23. The monoisotopic (exact) mass is 177 g/mol. The van der Waals surface area contributed by atoms with Crippen molar-refractivity contribution in [3.05, 3.63) is 34.7 Å². The van der Waals surface area contributed by atoms with E-state index in [1.165, 1.54) is 10.6 Å². The number of carbonyl (C=O) groups excluding carboxylic acids is 1. The summed E-state index contributed by atoms with van der Waals surface area (Å²) >= 11 is 0. The zero-order valence-electron chi connectivity index (χ0n) is 7.27. The van der Waals surface area contributed by atoms with Crippen LogP contribution in [0.2, 0.25) is 0 Å². The second-order valence-electron chi connectivity index (χ2n) is 3.41. The summed E-state index contributed by atoms with van der Waals surface area (Å²) in [6, 6.07) is 4.92. The van der Waals surface area contributed by atoms with E-state index in [0.717, 1.165) is 12.8 Å². The molecule has 1 heterocycles. The molecular weight excluding hydrogens is 166 g/mol. The number of nitrogens with zero attached hydrogens (tertiary/aromatic N) is 1. The van der Waals surface area contributed by atoms with Crippen LogP contribution in [0, 0.1) is 5.92 Å². The van der Waals surface area contributed by atoms with Crippen molar-refractivity contribution in [2.45, 2.75) is 19.4 Å². The average Bonchev–Trinajstić information content (AvgIpc) is 2.91. The molecule has 1 saturated carbocycles. The third-order valence-corrected chi connectivity index (χ3v) is 2.26. The number of ketones is 1. The van der Waals surface area contributed by atoms with Crippen LogP contribution in [0.25, 0.3) is 0 Å². The third-order valence-electron chi connectivity index (χ3n) is 2.26. The molecule has 1 fully saturated rings. The van der Waals surface area contributed by atoms with Crippen LogP contribution in [0.3, 0.4) is 0 Å². The minimum atomic E-state index is -0.100. The molecule has 0 amide bonds. The van der Waals surface area contributed by atoms with Crippen LogP contribution in [0.4, 0.5) is 0 Å². The largest absolute Gasteiger partial charge is 0.308 e. The minimum Gasteiger partial charge on any atom is -0.308 e. The molecule has 0 N–H and O–H groups in total. The van der Waals surface area contributed by atoms with Gasteiger partial charge in [-0.2, -0.15) is 0 Å². The van der Waals surface area contributed by atoms with E-state index in [9.17, 15) is 9.59 Å². The van der Waals surface area contributed by atoms with Crippen LogP contribution >= 0.6 is 0 Å². The molecule has 13 heavy (non-hydrogen) atoms. The molecule has 0 atom stereocenters. The van der Waals surface area contributed by atoms with Crippen molar-refractivity contribution in [2.75, 3.05) is 0 Å². The van der Waals surface area contributed by atoms with Crippen LogP contribution < -0.4 is 5.56 Å². The van der Waals surface area contributed by atoms with Gasteiger partial charge in [0.1, 0.15) is 0 Å². The highest BCUT2D eigenvalue weighted by atomic mass is 16.1. The van der Waals surface area contributed by atoms with E-state index in [-0.39, 0.29) is 23.8 Å². The number of hydrogen-bond donors (Lipinski definition) is 0. The highest BCUT2D eigenvalue weighted by Gasteiger charge is 2.29. The summed E-state index contributed by atoms with van der Waals surface area (Å²) in [5, 5.41) is 0. The van der Waals surface area contributed by atoms with Crippen LogP contribution in [0.15, 0.2) is 29.2 Å². The van der Waals surface area contributed by atoms with Crippen molar-refractivity contribution in [2.24, 2.45) is 5.92 Å². The Morgan fingerprint density at radius 1 is 1.46 bits per heavy atom. The van der Waals surface area contributed by atoms with Gasteiger partial charge in [0.15, 0.2) is 5.78 Å². The third kappa shape index (κ3) is 1.86. The molecule has 0 spiro atoms. The SMILES string of the molecule is O=C(Cn1ccccc1=O)C1CC1. The average molecular weight is 177 g/mol. The number of pyridine rings is 1. The topological polar surface area (TPSA) is 39.1 Å². The fourth-order valence-corrected chi connectivity index (χ4v) is 1.29. The maximum atomic E-state index is 11.4. The van der Waals surface area contributed by atoms with Crippen molar-refractivity contribution in [3.8, 4) is 0 Å². The fraction of sp³-hybridized carbons (Fsp3) is 0.400. The maximum Gasteiger partial charge on any atom is 0.250 e. The van der Waals surface area contributed by atoms with E-state index in [2.05, 4.69) is 0 Å². The van der Waals surface area contributed by atoms with Crippen molar-refractivity contribution in [3.63, 3.8) is 0 Å². The van der Waals surface area contributed by atoms with E-state index >= 15 is 0 Å². The smallest absolute Gasteiger partial charge is 0.250 e. The quantitative estimate of drug-likeness (QED) is 0.685. The first-order chi connectivity index (χ1) is 6.27. The molecule has 1 aromatic heterocycles. The number of rotatable bonds is 3. The summed E-state index contributed by atoms with van der Waals surface area (Å²) in [4.78, 5) is 22.6. The van der Waals surface area contributed by atoms with Crippen molar-refractivity contribution < 1.29 is 4.79 Å². The van der Waals surface area contributed by atoms with Crippen LogP contribution in [-0.4, -0.2) is 10.4 Å². The molecule has 0 radical (unpaired) electrons. The maximum absolute atomic E-state index is 11.4. The van der Waals surface area contributed by atoms with E-state index in [1.807, 2.05) is 0 Å². The van der Waals surface area contributed by atoms with Crippen LogP contribution in [-0.2, 0) is 11.3 Å². The lowest BCUT2D eigenvalue weighted by Gasteiger charge is -2.01. The Balaban J connectivity index is 2.13. The molecule has 0 aromatic carbocycles. The summed E-state index contributed by atoms with van der Waals surface area (Å²) in [6.07, 6.45) is 3.66. The Bertz CT molecular complexity index is 377. The Hall–Kier alpha value is -1.38. The molecule has 1 aliphatic rings. The molecule has 1 aliphatic carbocycles. The van der Waals surface area contributed by atoms with E-state index in [0.29, 0.717) is 0 Å². The zero-order valence-corrected chi connectivity index (χ0v) is 7.27. The highest BCUT2D eigenvalue weighted by molar-refractivity contribution is 5.82. The molecule has 0 saturated heterocycles. The highest BCUT2D eigenvalue weighted by Crippen LogP contribution is 2.29. The standard InChI is InChI=1S/C10H11NO2/c12-9(8-4-5-8)7-11-6-2-1-3-10(11)13/h1-3,6,8H,4-5,7H2. The number of carbonyl (C=O) groups is 1. The first-order valence-corrected chi connectivity index (χ1v) is 4.45. The molecule has 3 heteroatoms. The molecule has 2 rings (SSSR count). The Labute approximate surface area is 76.0 Å². The Kier molecular flexibility index (Phi) is 2.00. The van der Waals surface area contributed by atoms with Crippen molar-refractivity contribution >= 4 is 5.78 Å². The lowest BCUT2D eigenvalue weighted by molar-refractivity contribution is -0.120. The molecule has 0 aliphatic heterocycles. The second-order valence-corrected chi connectivity index (χ2v) is 3.41. The van der Waals surface area contributed by atoms with Gasteiger partial charge in [-0.3, -0.25) is 9.59 Å². The van der Waals surface area contributed by atoms with E-state index < -0.39 is 0 Å². The van der Waals surface area contributed by atoms with Gasteiger partial charge in [0.2, 0.25) is 0 Å². The van der Waals surface area contributed by atoms with Gasteiger partial charge >= 0.3 is 0 Å². The zero-order chi connectivity index (χ0) is 9.26. The minimum absolute atomic E-state index is 0.100. The van der Waals surface area contributed by atoms with Gasteiger partial charge in [-0.1, -0.05) is 6.07 Å². The summed E-state index contributed by atoms with van der Waals surface area (Å²) in [5.41, 5.74) is -0.100. The second kappa shape index (κ2) is 3.17.